The summed E-state index contributed by atoms with van der Waals surface area (Å²) in [5.41, 5.74) is 0. The van der Waals surface area contributed by atoms with E-state index in [9.17, 15) is 4.39 Å². The number of hydrogen-bond donors (Lipinski definition) is 0. The first-order valence-corrected chi connectivity index (χ1v) is 4.34. The van der Waals surface area contributed by atoms with E-state index in [1.165, 1.54) is 0 Å². The average Bonchev–Trinajstić information content (AvgIpc) is 2.15. The molecule has 0 bridgehead atoms. The monoisotopic (exact) mass is 144 g/mol. The van der Waals surface area contributed by atoms with E-state index in [4.69, 9.17) is 0 Å². The molecule has 0 spiro atoms. The highest BCUT2D eigenvalue weighted by Crippen LogP contribution is 2.32. The van der Waals surface area contributed by atoms with Gasteiger partial charge >= 0.3 is 0 Å². The molecule has 0 nitrogen and oxygen atoms in total. The lowest BCUT2D eigenvalue weighted by atomic mass is 9.95. The van der Waals surface area contributed by atoms with Crippen LogP contribution in [-0.4, -0.2) is 6.17 Å². The second-order valence-corrected chi connectivity index (χ2v) is 3.84. The van der Waals surface area contributed by atoms with Crippen LogP contribution in [0.15, 0.2) is 0 Å². The lowest BCUT2D eigenvalue weighted by Gasteiger charge is -2.14. The zero-order chi connectivity index (χ0) is 7.56. The quantitative estimate of drug-likeness (QED) is 0.558. The van der Waals surface area contributed by atoms with Gasteiger partial charge in [-0.1, -0.05) is 20.3 Å². The summed E-state index contributed by atoms with van der Waals surface area (Å²) in [5.74, 6) is 1.06. The Balaban J connectivity index is 2.26. The SMILES string of the molecule is CC(C)CC1CCCC1F. The van der Waals surface area contributed by atoms with Crippen LogP contribution in [-0.2, 0) is 0 Å². The second kappa shape index (κ2) is 3.36. The van der Waals surface area contributed by atoms with Crippen LogP contribution in [0, 0.1) is 11.8 Å². The molecule has 1 aliphatic rings. The van der Waals surface area contributed by atoms with Gasteiger partial charge in [0.25, 0.3) is 0 Å². The van der Waals surface area contributed by atoms with E-state index < -0.39 is 6.17 Å². The summed E-state index contributed by atoms with van der Waals surface area (Å²) < 4.78 is 12.9. The van der Waals surface area contributed by atoms with Gasteiger partial charge in [-0.25, -0.2) is 4.39 Å². The first-order valence-electron chi connectivity index (χ1n) is 4.34. The van der Waals surface area contributed by atoms with Gasteiger partial charge in [-0.05, 0) is 31.1 Å². The van der Waals surface area contributed by atoms with Gasteiger partial charge in [0.15, 0.2) is 0 Å². The molecule has 60 valence electrons. The molecule has 0 saturated heterocycles. The van der Waals surface area contributed by atoms with E-state index in [1.54, 1.807) is 0 Å². The van der Waals surface area contributed by atoms with Gasteiger partial charge in [-0.3, -0.25) is 0 Å². The highest BCUT2D eigenvalue weighted by atomic mass is 19.1. The number of rotatable bonds is 2. The molecule has 0 radical (unpaired) electrons. The molecule has 1 aliphatic carbocycles. The molecule has 0 aliphatic heterocycles. The minimum atomic E-state index is -0.484. The number of halogens is 1. The molecular formula is C9H17F. The van der Waals surface area contributed by atoms with Crippen LogP contribution in [0.2, 0.25) is 0 Å². The summed E-state index contributed by atoms with van der Waals surface area (Å²) in [5, 5.41) is 0. The van der Waals surface area contributed by atoms with Crippen LogP contribution < -0.4 is 0 Å². The maximum Gasteiger partial charge on any atom is 0.103 e. The summed E-state index contributed by atoms with van der Waals surface area (Å²) in [7, 11) is 0. The van der Waals surface area contributed by atoms with Crippen LogP contribution in [0.25, 0.3) is 0 Å². The molecule has 1 fully saturated rings. The second-order valence-electron chi connectivity index (χ2n) is 3.84. The van der Waals surface area contributed by atoms with E-state index in [-0.39, 0.29) is 0 Å². The summed E-state index contributed by atoms with van der Waals surface area (Å²) in [4.78, 5) is 0. The molecule has 1 saturated carbocycles. The Labute approximate surface area is 62.8 Å². The highest BCUT2D eigenvalue weighted by Gasteiger charge is 2.26. The Bertz CT molecular complexity index is 98.9. The Hall–Kier alpha value is -0.0700. The normalized spacial score (nSPS) is 33.6. The molecule has 2 unspecified atom stereocenters. The molecule has 2 atom stereocenters. The largest absolute Gasteiger partial charge is 0.247 e. The standard InChI is InChI=1S/C9H17F/c1-7(2)6-8-4-3-5-9(8)10/h7-9H,3-6H2,1-2H3. The zero-order valence-electron chi connectivity index (χ0n) is 6.94. The molecule has 1 heteroatoms. The Morgan fingerprint density at radius 2 is 2.10 bits per heavy atom. The molecule has 0 amide bonds. The van der Waals surface area contributed by atoms with Crippen molar-refractivity contribution in [2.75, 3.05) is 0 Å². The third-order valence-corrected chi connectivity index (χ3v) is 2.34. The van der Waals surface area contributed by atoms with Gasteiger partial charge < -0.3 is 0 Å². The summed E-state index contributed by atoms with van der Waals surface area (Å²) in [6.45, 7) is 4.34. The minimum absolute atomic E-state index is 0.389. The summed E-state index contributed by atoms with van der Waals surface area (Å²) >= 11 is 0. The fourth-order valence-electron chi connectivity index (χ4n) is 1.86. The molecule has 0 aromatic rings. The summed E-state index contributed by atoms with van der Waals surface area (Å²) in [6.07, 6.45) is 3.65. The predicted octanol–water partition coefficient (Wildman–Crippen LogP) is 3.17. The number of hydrogen-bond acceptors (Lipinski definition) is 0. The fourth-order valence-corrected chi connectivity index (χ4v) is 1.86. The van der Waals surface area contributed by atoms with Gasteiger partial charge in [0.05, 0.1) is 0 Å². The average molecular weight is 144 g/mol. The van der Waals surface area contributed by atoms with Gasteiger partial charge in [0.1, 0.15) is 6.17 Å². The fraction of sp³-hybridized carbons (Fsp3) is 1.00. The Kier molecular flexibility index (Phi) is 2.70. The van der Waals surface area contributed by atoms with E-state index in [1.807, 2.05) is 0 Å². The lowest BCUT2D eigenvalue weighted by Crippen LogP contribution is -2.10. The van der Waals surface area contributed by atoms with E-state index >= 15 is 0 Å². The van der Waals surface area contributed by atoms with Crippen LogP contribution in [0.3, 0.4) is 0 Å². The van der Waals surface area contributed by atoms with Crippen molar-refractivity contribution in [3.05, 3.63) is 0 Å². The third kappa shape index (κ3) is 1.96. The van der Waals surface area contributed by atoms with Crippen molar-refractivity contribution in [3.63, 3.8) is 0 Å². The van der Waals surface area contributed by atoms with Crippen molar-refractivity contribution in [2.45, 2.75) is 45.7 Å². The van der Waals surface area contributed by atoms with Gasteiger partial charge in [-0.15, -0.1) is 0 Å². The van der Waals surface area contributed by atoms with Crippen molar-refractivity contribution >= 4 is 0 Å². The van der Waals surface area contributed by atoms with Crippen molar-refractivity contribution < 1.29 is 4.39 Å². The number of alkyl halides is 1. The van der Waals surface area contributed by atoms with Crippen LogP contribution in [0.5, 0.6) is 0 Å². The van der Waals surface area contributed by atoms with Crippen molar-refractivity contribution in [1.29, 1.82) is 0 Å². The Morgan fingerprint density at radius 3 is 2.50 bits per heavy atom. The van der Waals surface area contributed by atoms with Crippen LogP contribution >= 0.6 is 0 Å². The highest BCUT2D eigenvalue weighted by molar-refractivity contribution is 4.77. The molecule has 0 aromatic heterocycles. The molecule has 0 heterocycles. The molecule has 0 N–H and O–H groups in total. The van der Waals surface area contributed by atoms with E-state index in [0.29, 0.717) is 11.8 Å². The van der Waals surface area contributed by atoms with Crippen molar-refractivity contribution in [3.8, 4) is 0 Å². The van der Waals surface area contributed by atoms with Gasteiger partial charge in [0, 0.05) is 0 Å². The smallest absolute Gasteiger partial charge is 0.103 e. The molecule has 1 rings (SSSR count). The first-order chi connectivity index (χ1) is 4.70. The maximum absolute atomic E-state index is 12.9. The molecular weight excluding hydrogens is 127 g/mol. The zero-order valence-corrected chi connectivity index (χ0v) is 6.94. The Morgan fingerprint density at radius 1 is 1.40 bits per heavy atom. The minimum Gasteiger partial charge on any atom is -0.247 e. The summed E-state index contributed by atoms with van der Waals surface area (Å²) in [6, 6.07) is 0. The lowest BCUT2D eigenvalue weighted by molar-refractivity contribution is 0.235. The van der Waals surface area contributed by atoms with Gasteiger partial charge in [-0.2, -0.15) is 0 Å². The van der Waals surface area contributed by atoms with E-state index in [0.717, 1.165) is 25.7 Å². The third-order valence-electron chi connectivity index (χ3n) is 2.34. The molecule has 0 aromatic carbocycles. The van der Waals surface area contributed by atoms with Crippen LogP contribution in [0.1, 0.15) is 39.5 Å². The van der Waals surface area contributed by atoms with Crippen molar-refractivity contribution in [2.24, 2.45) is 11.8 Å². The molecule has 10 heavy (non-hydrogen) atoms. The van der Waals surface area contributed by atoms with Crippen LogP contribution in [0.4, 0.5) is 4.39 Å². The maximum atomic E-state index is 12.9. The predicted molar refractivity (Wildman–Crippen MR) is 41.7 cm³/mol. The first kappa shape index (κ1) is 8.03. The van der Waals surface area contributed by atoms with Crippen molar-refractivity contribution in [1.82, 2.24) is 0 Å². The van der Waals surface area contributed by atoms with E-state index in [2.05, 4.69) is 13.8 Å². The topological polar surface area (TPSA) is 0 Å². The van der Waals surface area contributed by atoms with Gasteiger partial charge in [0.2, 0.25) is 0 Å².